The summed E-state index contributed by atoms with van der Waals surface area (Å²) in [5.41, 5.74) is 0.547. The Bertz CT molecular complexity index is 300. The van der Waals surface area contributed by atoms with Crippen LogP contribution in [0.5, 0.6) is 0 Å². The fourth-order valence-corrected chi connectivity index (χ4v) is 4.31. The van der Waals surface area contributed by atoms with E-state index in [9.17, 15) is 0 Å². The number of nitrogens with one attached hydrogen (secondary N) is 1. The van der Waals surface area contributed by atoms with Crippen molar-refractivity contribution in [1.29, 1.82) is 0 Å². The zero-order valence-corrected chi connectivity index (χ0v) is 14.4. The van der Waals surface area contributed by atoms with Crippen LogP contribution >= 0.6 is 0 Å². The van der Waals surface area contributed by atoms with Gasteiger partial charge in [0, 0.05) is 19.1 Å². The summed E-state index contributed by atoms with van der Waals surface area (Å²) >= 11 is 0. The highest BCUT2D eigenvalue weighted by atomic mass is 15.1. The average Bonchev–Trinajstić information content (AvgIpc) is 2.37. The molecule has 1 heterocycles. The molecule has 2 rings (SSSR count). The fourth-order valence-electron chi connectivity index (χ4n) is 4.31. The second-order valence-corrected chi connectivity index (χ2v) is 8.33. The van der Waals surface area contributed by atoms with Gasteiger partial charge in [0.15, 0.2) is 0 Å². The van der Waals surface area contributed by atoms with Crippen molar-refractivity contribution in [3.05, 3.63) is 0 Å². The maximum atomic E-state index is 3.76. The molecule has 1 N–H and O–H groups in total. The molecular weight excluding hydrogens is 244 g/mol. The van der Waals surface area contributed by atoms with E-state index in [1.54, 1.807) is 0 Å². The smallest absolute Gasteiger partial charge is 0.0108 e. The van der Waals surface area contributed by atoms with Gasteiger partial charge in [0.05, 0.1) is 0 Å². The third-order valence-electron chi connectivity index (χ3n) is 5.89. The van der Waals surface area contributed by atoms with E-state index in [0.29, 0.717) is 5.41 Å². The van der Waals surface area contributed by atoms with Crippen LogP contribution in [0.15, 0.2) is 0 Å². The molecule has 2 aliphatic rings. The lowest BCUT2D eigenvalue weighted by Crippen LogP contribution is -2.49. The first-order valence-electron chi connectivity index (χ1n) is 8.87. The van der Waals surface area contributed by atoms with Gasteiger partial charge < -0.3 is 10.2 Å². The third-order valence-corrected chi connectivity index (χ3v) is 5.89. The second-order valence-electron chi connectivity index (χ2n) is 8.33. The molecule has 2 nitrogen and oxygen atoms in total. The summed E-state index contributed by atoms with van der Waals surface area (Å²) in [4.78, 5) is 2.75. The van der Waals surface area contributed by atoms with Crippen LogP contribution in [-0.4, -0.2) is 37.1 Å². The Hall–Kier alpha value is -0.0800. The van der Waals surface area contributed by atoms with Crippen molar-refractivity contribution in [2.45, 2.75) is 66.3 Å². The Kier molecular flexibility index (Phi) is 5.53. The minimum atomic E-state index is 0.547. The molecule has 0 bridgehead atoms. The average molecular weight is 280 g/mol. The largest absolute Gasteiger partial charge is 0.314 e. The normalized spacial score (nSPS) is 38.9. The number of piperidine rings is 1. The Morgan fingerprint density at radius 1 is 1.15 bits per heavy atom. The van der Waals surface area contributed by atoms with Gasteiger partial charge >= 0.3 is 0 Å². The minimum absolute atomic E-state index is 0.547. The molecule has 0 aromatic heterocycles. The molecular formula is C18H36N2. The van der Waals surface area contributed by atoms with Crippen molar-refractivity contribution < 1.29 is 0 Å². The van der Waals surface area contributed by atoms with Crippen LogP contribution in [0.25, 0.3) is 0 Å². The van der Waals surface area contributed by atoms with E-state index >= 15 is 0 Å². The highest BCUT2D eigenvalue weighted by Crippen LogP contribution is 2.39. The van der Waals surface area contributed by atoms with Crippen LogP contribution in [-0.2, 0) is 0 Å². The Morgan fingerprint density at radius 2 is 1.90 bits per heavy atom. The van der Waals surface area contributed by atoms with Crippen LogP contribution < -0.4 is 5.32 Å². The maximum Gasteiger partial charge on any atom is 0.0108 e. The predicted molar refractivity (Wildman–Crippen MR) is 88.0 cm³/mol. The molecule has 0 aromatic carbocycles. The van der Waals surface area contributed by atoms with Gasteiger partial charge in [-0.3, -0.25) is 0 Å². The Labute approximate surface area is 126 Å². The zero-order chi connectivity index (χ0) is 14.8. The molecule has 0 spiro atoms. The van der Waals surface area contributed by atoms with Crippen molar-refractivity contribution in [3.8, 4) is 0 Å². The molecule has 1 saturated carbocycles. The molecule has 2 heteroatoms. The quantitative estimate of drug-likeness (QED) is 0.843. The highest BCUT2D eigenvalue weighted by Gasteiger charge is 2.36. The lowest BCUT2D eigenvalue weighted by Gasteiger charge is -2.45. The maximum absolute atomic E-state index is 3.76. The first kappa shape index (κ1) is 16.3. The molecule has 4 unspecified atom stereocenters. The second kappa shape index (κ2) is 6.79. The van der Waals surface area contributed by atoms with E-state index in [0.717, 1.165) is 30.3 Å². The molecule has 1 aliphatic carbocycles. The van der Waals surface area contributed by atoms with Crippen molar-refractivity contribution in [2.75, 3.05) is 26.2 Å². The number of likely N-dealkylation sites (tertiary alicyclic amines) is 1. The van der Waals surface area contributed by atoms with Gasteiger partial charge in [-0.2, -0.15) is 0 Å². The zero-order valence-electron chi connectivity index (χ0n) is 14.4. The third kappa shape index (κ3) is 4.21. The van der Waals surface area contributed by atoms with Gasteiger partial charge in [0.2, 0.25) is 0 Å². The molecule has 1 aliphatic heterocycles. The van der Waals surface area contributed by atoms with E-state index in [-0.39, 0.29) is 0 Å². The van der Waals surface area contributed by atoms with Gasteiger partial charge in [-0.1, -0.05) is 34.6 Å². The Morgan fingerprint density at radius 3 is 2.55 bits per heavy atom. The van der Waals surface area contributed by atoms with Gasteiger partial charge in [0.1, 0.15) is 0 Å². The SMILES string of the molecule is CCNC1CCC(C)(C)CC1CN1CCC(C)C(C)C1. The van der Waals surface area contributed by atoms with Crippen LogP contribution in [0.2, 0.25) is 0 Å². The van der Waals surface area contributed by atoms with Crippen LogP contribution in [0.1, 0.15) is 60.3 Å². The first-order valence-corrected chi connectivity index (χ1v) is 8.87. The lowest BCUT2D eigenvalue weighted by atomic mass is 9.69. The summed E-state index contributed by atoms with van der Waals surface area (Å²) in [6, 6.07) is 0.752. The van der Waals surface area contributed by atoms with E-state index < -0.39 is 0 Å². The van der Waals surface area contributed by atoms with E-state index in [1.165, 1.54) is 45.3 Å². The molecule has 118 valence electrons. The van der Waals surface area contributed by atoms with E-state index in [1.807, 2.05) is 0 Å². The number of rotatable bonds is 4. The van der Waals surface area contributed by atoms with E-state index in [4.69, 9.17) is 0 Å². The molecule has 0 radical (unpaired) electrons. The van der Waals surface area contributed by atoms with Gasteiger partial charge in [-0.25, -0.2) is 0 Å². The standard InChI is InChI=1S/C18H36N2/c1-6-19-17-7-9-18(4,5)11-16(17)13-20-10-8-14(2)15(3)12-20/h14-17,19H,6-13H2,1-5H3. The fraction of sp³-hybridized carbons (Fsp3) is 1.00. The summed E-state index contributed by atoms with van der Waals surface area (Å²) < 4.78 is 0. The summed E-state index contributed by atoms with van der Waals surface area (Å²) in [5, 5.41) is 3.76. The van der Waals surface area contributed by atoms with Crippen molar-refractivity contribution in [2.24, 2.45) is 23.2 Å². The first-order chi connectivity index (χ1) is 9.41. The topological polar surface area (TPSA) is 15.3 Å². The number of hydrogen-bond acceptors (Lipinski definition) is 2. The van der Waals surface area contributed by atoms with Crippen LogP contribution in [0.4, 0.5) is 0 Å². The summed E-state index contributed by atoms with van der Waals surface area (Å²) in [7, 11) is 0. The van der Waals surface area contributed by atoms with Crippen molar-refractivity contribution in [3.63, 3.8) is 0 Å². The summed E-state index contributed by atoms with van der Waals surface area (Å²) in [6.45, 7) is 17.1. The van der Waals surface area contributed by atoms with Gasteiger partial charge in [-0.05, 0) is 61.9 Å². The monoisotopic (exact) mass is 280 g/mol. The summed E-state index contributed by atoms with van der Waals surface area (Å²) in [5.74, 6) is 2.64. The van der Waals surface area contributed by atoms with Crippen LogP contribution in [0, 0.1) is 23.2 Å². The predicted octanol–water partition coefficient (Wildman–Crippen LogP) is 3.77. The molecule has 20 heavy (non-hydrogen) atoms. The number of hydrogen-bond donors (Lipinski definition) is 1. The molecule has 4 atom stereocenters. The molecule has 1 saturated heterocycles. The minimum Gasteiger partial charge on any atom is -0.314 e. The van der Waals surface area contributed by atoms with Crippen LogP contribution in [0.3, 0.4) is 0 Å². The molecule has 2 fully saturated rings. The van der Waals surface area contributed by atoms with E-state index in [2.05, 4.69) is 44.8 Å². The Balaban J connectivity index is 1.93. The molecule has 0 amide bonds. The lowest BCUT2D eigenvalue weighted by molar-refractivity contribution is 0.0686. The molecule has 0 aromatic rings. The van der Waals surface area contributed by atoms with Crippen molar-refractivity contribution >= 4 is 0 Å². The van der Waals surface area contributed by atoms with Gasteiger partial charge in [-0.15, -0.1) is 0 Å². The van der Waals surface area contributed by atoms with Gasteiger partial charge in [0.25, 0.3) is 0 Å². The highest BCUT2D eigenvalue weighted by molar-refractivity contribution is 4.91. The summed E-state index contributed by atoms with van der Waals surface area (Å²) in [6.07, 6.45) is 5.54. The number of nitrogens with zero attached hydrogens (tertiary/aromatic N) is 1. The van der Waals surface area contributed by atoms with Crippen molar-refractivity contribution in [1.82, 2.24) is 10.2 Å².